The molecule has 0 aliphatic heterocycles. The van der Waals surface area contributed by atoms with Crippen LogP contribution in [0.25, 0.3) is 0 Å². The van der Waals surface area contributed by atoms with Crippen molar-refractivity contribution < 1.29 is 14.3 Å². The van der Waals surface area contributed by atoms with Crippen LogP contribution in [0.5, 0.6) is 5.75 Å². The van der Waals surface area contributed by atoms with Crippen LogP contribution >= 0.6 is 15.9 Å². The summed E-state index contributed by atoms with van der Waals surface area (Å²) in [5.41, 5.74) is 0.218. The van der Waals surface area contributed by atoms with E-state index in [1.807, 2.05) is 0 Å². The van der Waals surface area contributed by atoms with Crippen LogP contribution in [0.4, 0.5) is 4.39 Å². The first-order valence-electron chi connectivity index (χ1n) is 6.89. The molecular formula is C15H19BrFNO2. The average Bonchev–Trinajstić information content (AvgIpc) is 2.46. The highest BCUT2D eigenvalue weighted by Gasteiger charge is 2.31. The Morgan fingerprint density at radius 1 is 1.35 bits per heavy atom. The molecule has 3 nitrogen and oxygen atoms in total. The minimum Gasteiger partial charge on any atom is -0.507 e. The minimum atomic E-state index is -0.553. The van der Waals surface area contributed by atoms with E-state index < -0.39 is 5.82 Å². The molecule has 0 aromatic heterocycles. The lowest BCUT2D eigenvalue weighted by Crippen LogP contribution is -2.40. The Morgan fingerprint density at radius 2 is 2.05 bits per heavy atom. The number of phenolic OH excluding ortho intramolecular Hbond substituents is 1. The van der Waals surface area contributed by atoms with Gasteiger partial charge >= 0.3 is 0 Å². The predicted molar refractivity (Wildman–Crippen MR) is 79.7 cm³/mol. The third-order valence-electron chi connectivity index (χ3n) is 4.03. The average molecular weight is 344 g/mol. The SMILES string of the molecule is O=C(NCC1(CBr)CCCCC1)c1ccc(F)cc1O. The van der Waals surface area contributed by atoms with Crippen LogP contribution in [0.1, 0.15) is 42.5 Å². The van der Waals surface area contributed by atoms with E-state index in [0.29, 0.717) is 6.54 Å². The van der Waals surface area contributed by atoms with Crippen LogP contribution in [0.15, 0.2) is 18.2 Å². The minimum absolute atomic E-state index is 0.101. The van der Waals surface area contributed by atoms with Gasteiger partial charge in [-0.05, 0) is 30.4 Å². The van der Waals surface area contributed by atoms with E-state index in [4.69, 9.17) is 0 Å². The first-order valence-corrected chi connectivity index (χ1v) is 8.01. The second-order valence-corrected chi connectivity index (χ2v) is 6.10. The van der Waals surface area contributed by atoms with Gasteiger partial charge in [0.25, 0.3) is 5.91 Å². The number of hydrogen-bond acceptors (Lipinski definition) is 2. The van der Waals surface area contributed by atoms with Crippen LogP contribution in [0.2, 0.25) is 0 Å². The number of aromatic hydroxyl groups is 1. The van der Waals surface area contributed by atoms with Crippen LogP contribution < -0.4 is 5.32 Å². The molecule has 1 saturated carbocycles. The Bertz CT molecular complexity index is 487. The summed E-state index contributed by atoms with van der Waals surface area (Å²) in [5.74, 6) is -1.23. The third-order valence-corrected chi connectivity index (χ3v) is 5.22. The summed E-state index contributed by atoms with van der Waals surface area (Å²) in [6.07, 6.45) is 5.80. The predicted octanol–water partition coefficient (Wildman–Crippen LogP) is 3.61. The molecule has 0 saturated heterocycles. The summed E-state index contributed by atoms with van der Waals surface area (Å²) < 4.78 is 12.9. The van der Waals surface area contributed by atoms with Crippen molar-refractivity contribution in [1.82, 2.24) is 5.32 Å². The molecule has 1 amide bonds. The zero-order chi connectivity index (χ0) is 14.6. The van der Waals surface area contributed by atoms with E-state index in [1.165, 1.54) is 31.4 Å². The van der Waals surface area contributed by atoms with Gasteiger partial charge in [-0.15, -0.1) is 0 Å². The lowest BCUT2D eigenvalue weighted by molar-refractivity contribution is 0.0919. The van der Waals surface area contributed by atoms with Crippen molar-refractivity contribution in [2.75, 3.05) is 11.9 Å². The van der Waals surface area contributed by atoms with E-state index in [9.17, 15) is 14.3 Å². The Morgan fingerprint density at radius 3 is 2.65 bits per heavy atom. The molecule has 0 heterocycles. The van der Waals surface area contributed by atoms with Gasteiger partial charge in [0.05, 0.1) is 5.56 Å². The van der Waals surface area contributed by atoms with E-state index >= 15 is 0 Å². The highest BCUT2D eigenvalue weighted by molar-refractivity contribution is 9.09. The summed E-state index contributed by atoms with van der Waals surface area (Å²) in [6, 6.07) is 3.44. The number of nitrogens with one attached hydrogen (secondary N) is 1. The topological polar surface area (TPSA) is 49.3 Å². The molecule has 0 bridgehead atoms. The second kappa shape index (κ2) is 6.57. The van der Waals surface area contributed by atoms with E-state index in [1.54, 1.807) is 0 Å². The number of carbonyl (C=O) groups excluding carboxylic acids is 1. The summed E-state index contributed by atoms with van der Waals surface area (Å²) in [4.78, 5) is 12.1. The van der Waals surface area contributed by atoms with Crippen LogP contribution in [-0.4, -0.2) is 22.9 Å². The molecule has 20 heavy (non-hydrogen) atoms. The number of phenols is 1. The summed E-state index contributed by atoms with van der Waals surface area (Å²) >= 11 is 3.55. The van der Waals surface area contributed by atoms with Crippen molar-refractivity contribution in [2.24, 2.45) is 5.41 Å². The quantitative estimate of drug-likeness (QED) is 0.820. The van der Waals surface area contributed by atoms with Gasteiger partial charge in [0.15, 0.2) is 0 Å². The summed E-state index contributed by atoms with van der Waals surface area (Å²) in [7, 11) is 0. The van der Waals surface area contributed by atoms with Gasteiger partial charge in [0.2, 0.25) is 0 Å². The third kappa shape index (κ3) is 3.51. The lowest BCUT2D eigenvalue weighted by Gasteiger charge is -2.35. The molecule has 1 aromatic rings. The van der Waals surface area contributed by atoms with Crippen LogP contribution in [0, 0.1) is 11.2 Å². The smallest absolute Gasteiger partial charge is 0.255 e. The molecule has 2 N–H and O–H groups in total. The van der Waals surface area contributed by atoms with Gasteiger partial charge in [-0.2, -0.15) is 0 Å². The van der Waals surface area contributed by atoms with Crippen LogP contribution in [0.3, 0.4) is 0 Å². The number of carbonyl (C=O) groups is 1. The van der Waals surface area contributed by atoms with E-state index in [0.717, 1.165) is 24.2 Å². The highest BCUT2D eigenvalue weighted by Crippen LogP contribution is 2.37. The zero-order valence-corrected chi connectivity index (χ0v) is 12.9. The van der Waals surface area contributed by atoms with Gasteiger partial charge < -0.3 is 10.4 Å². The number of benzene rings is 1. The monoisotopic (exact) mass is 343 g/mol. The van der Waals surface area contributed by atoms with Gasteiger partial charge in [-0.25, -0.2) is 4.39 Å². The second-order valence-electron chi connectivity index (χ2n) is 5.54. The first-order chi connectivity index (χ1) is 9.56. The molecule has 1 aliphatic rings. The number of alkyl halides is 1. The highest BCUT2D eigenvalue weighted by atomic mass is 79.9. The van der Waals surface area contributed by atoms with Gasteiger partial charge in [-0.1, -0.05) is 35.2 Å². The normalized spacial score (nSPS) is 17.7. The molecule has 110 valence electrons. The maximum Gasteiger partial charge on any atom is 0.255 e. The summed E-state index contributed by atoms with van der Waals surface area (Å²) in [6.45, 7) is 0.577. The first kappa shape index (κ1) is 15.3. The maximum absolute atomic E-state index is 12.9. The Labute approximate surface area is 126 Å². The zero-order valence-electron chi connectivity index (χ0n) is 11.3. The van der Waals surface area contributed by atoms with Gasteiger partial charge in [0.1, 0.15) is 11.6 Å². The number of amides is 1. The summed E-state index contributed by atoms with van der Waals surface area (Å²) in [5, 5.41) is 13.3. The molecular weight excluding hydrogens is 325 g/mol. The molecule has 1 aromatic carbocycles. The molecule has 5 heteroatoms. The van der Waals surface area contributed by atoms with E-state index in [-0.39, 0.29) is 22.6 Å². The maximum atomic E-state index is 12.9. The number of halogens is 2. The van der Waals surface area contributed by atoms with E-state index in [2.05, 4.69) is 21.2 Å². The van der Waals surface area contributed by atoms with Crippen LogP contribution in [-0.2, 0) is 0 Å². The largest absolute Gasteiger partial charge is 0.507 e. The molecule has 2 rings (SSSR count). The molecule has 0 unspecified atom stereocenters. The van der Waals surface area contributed by atoms with Gasteiger partial charge in [0, 0.05) is 17.9 Å². The fourth-order valence-corrected chi connectivity index (χ4v) is 3.48. The molecule has 1 fully saturated rings. The van der Waals surface area contributed by atoms with Crippen molar-refractivity contribution >= 4 is 21.8 Å². The molecule has 0 atom stereocenters. The standard InChI is InChI=1S/C15H19BrFNO2/c16-9-15(6-2-1-3-7-15)10-18-14(20)12-5-4-11(17)8-13(12)19/h4-5,8,19H,1-3,6-7,9-10H2,(H,18,20). The Kier molecular flexibility index (Phi) is 5.02. The fourth-order valence-electron chi connectivity index (χ4n) is 2.72. The Hall–Kier alpha value is -1.10. The van der Waals surface area contributed by atoms with Crippen molar-refractivity contribution in [3.8, 4) is 5.75 Å². The fraction of sp³-hybridized carbons (Fsp3) is 0.533. The lowest BCUT2D eigenvalue weighted by atomic mass is 9.75. The van der Waals surface area contributed by atoms with Crippen molar-refractivity contribution in [3.05, 3.63) is 29.6 Å². The van der Waals surface area contributed by atoms with Crippen molar-refractivity contribution in [2.45, 2.75) is 32.1 Å². The number of hydrogen-bond donors (Lipinski definition) is 2. The molecule has 0 spiro atoms. The van der Waals surface area contributed by atoms with Crippen molar-refractivity contribution in [1.29, 1.82) is 0 Å². The van der Waals surface area contributed by atoms with Crippen molar-refractivity contribution in [3.63, 3.8) is 0 Å². The molecule has 1 aliphatic carbocycles. The molecule has 0 radical (unpaired) electrons. The van der Waals surface area contributed by atoms with Gasteiger partial charge in [-0.3, -0.25) is 4.79 Å². The Balaban J connectivity index is 2.00. The number of rotatable bonds is 4.